The number of aliphatic hydroxyl groups is 1. The summed E-state index contributed by atoms with van der Waals surface area (Å²) < 4.78 is 7.15. The largest absolute Gasteiger partial charge is 0.494 e. The second-order valence-electron chi connectivity index (χ2n) is 4.83. The molecule has 0 saturated carbocycles. The smallest absolute Gasteiger partial charge is 0.147 e. The lowest BCUT2D eigenvalue weighted by molar-refractivity contribution is 0.214. The van der Waals surface area contributed by atoms with Gasteiger partial charge in [-0.05, 0) is 69.3 Å². The highest BCUT2D eigenvalue weighted by Crippen LogP contribution is 2.34. The van der Waals surface area contributed by atoms with Gasteiger partial charge in [0.15, 0.2) is 0 Å². The van der Waals surface area contributed by atoms with Crippen LogP contribution in [0.15, 0.2) is 21.1 Å². The van der Waals surface area contributed by atoms with Crippen molar-refractivity contribution in [2.24, 2.45) is 0 Å². The quantitative estimate of drug-likeness (QED) is 0.737. The molecular formula is C14H21Br2NO2. The molecule has 1 unspecified atom stereocenters. The highest BCUT2D eigenvalue weighted by atomic mass is 79.9. The second-order valence-corrected chi connectivity index (χ2v) is 6.54. The fourth-order valence-electron chi connectivity index (χ4n) is 1.86. The molecule has 0 radical (unpaired) electrons. The summed E-state index contributed by atoms with van der Waals surface area (Å²) in [6, 6.07) is 4.09. The third kappa shape index (κ3) is 4.74. The zero-order valence-electron chi connectivity index (χ0n) is 11.6. The van der Waals surface area contributed by atoms with E-state index in [1.54, 1.807) is 7.11 Å². The SMILES string of the molecule is CCC(C)(CCO)NCc1cc(Br)c(OC)c(Br)c1. The van der Waals surface area contributed by atoms with Gasteiger partial charge in [-0.3, -0.25) is 0 Å². The Bertz CT molecular complexity index is 403. The molecule has 0 fully saturated rings. The van der Waals surface area contributed by atoms with Crippen molar-refractivity contribution in [3.05, 3.63) is 26.6 Å². The first kappa shape index (κ1) is 17.0. The van der Waals surface area contributed by atoms with Gasteiger partial charge in [-0.25, -0.2) is 0 Å². The maximum atomic E-state index is 9.12. The number of methoxy groups -OCH3 is 1. The van der Waals surface area contributed by atoms with Crippen molar-refractivity contribution in [3.8, 4) is 5.75 Å². The summed E-state index contributed by atoms with van der Waals surface area (Å²) >= 11 is 7.01. The minimum Gasteiger partial charge on any atom is -0.494 e. The first-order valence-corrected chi connectivity index (χ1v) is 7.92. The van der Waals surface area contributed by atoms with Gasteiger partial charge in [0.2, 0.25) is 0 Å². The van der Waals surface area contributed by atoms with Crippen molar-refractivity contribution in [1.29, 1.82) is 0 Å². The number of benzene rings is 1. The van der Waals surface area contributed by atoms with Crippen molar-refractivity contribution in [2.45, 2.75) is 38.8 Å². The summed E-state index contributed by atoms with van der Waals surface area (Å²) in [5.41, 5.74) is 1.13. The number of rotatable bonds is 7. The van der Waals surface area contributed by atoms with Crippen LogP contribution in [0, 0.1) is 0 Å². The second kappa shape index (κ2) is 7.62. The Morgan fingerprint density at radius 1 is 1.32 bits per heavy atom. The lowest BCUT2D eigenvalue weighted by Gasteiger charge is -2.29. The summed E-state index contributed by atoms with van der Waals surface area (Å²) in [6.45, 7) is 5.22. The first-order valence-electron chi connectivity index (χ1n) is 6.33. The molecule has 0 amide bonds. The van der Waals surface area contributed by atoms with Gasteiger partial charge in [0.05, 0.1) is 16.1 Å². The number of ether oxygens (including phenoxy) is 1. The summed E-state index contributed by atoms with van der Waals surface area (Å²) in [6.07, 6.45) is 1.73. The van der Waals surface area contributed by atoms with Gasteiger partial charge < -0.3 is 15.2 Å². The molecule has 1 aromatic rings. The fraction of sp³-hybridized carbons (Fsp3) is 0.571. The first-order chi connectivity index (χ1) is 8.95. The van der Waals surface area contributed by atoms with E-state index in [0.29, 0.717) is 0 Å². The molecule has 19 heavy (non-hydrogen) atoms. The van der Waals surface area contributed by atoms with Crippen molar-refractivity contribution < 1.29 is 9.84 Å². The Morgan fingerprint density at radius 3 is 2.32 bits per heavy atom. The zero-order valence-corrected chi connectivity index (χ0v) is 14.8. The Morgan fingerprint density at radius 2 is 1.89 bits per heavy atom. The van der Waals surface area contributed by atoms with E-state index in [9.17, 15) is 0 Å². The summed E-state index contributed by atoms with van der Waals surface area (Å²) in [7, 11) is 1.65. The van der Waals surface area contributed by atoms with Crippen LogP contribution in [-0.2, 0) is 6.54 Å². The van der Waals surface area contributed by atoms with Gasteiger partial charge in [-0.1, -0.05) is 6.92 Å². The predicted molar refractivity (Wildman–Crippen MR) is 85.6 cm³/mol. The monoisotopic (exact) mass is 393 g/mol. The molecule has 5 heteroatoms. The Hall–Kier alpha value is -0.100. The summed E-state index contributed by atoms with van der Waals surface area (Å²) in [4.78, 5) is 0. The fourth-order valence-corrected chi connectivity index (χ4v) is 3.47. The van der Waals surface area contributed by atoms with Crippen LogP contribution in [0.2, 0.25) is 0 Å². The minimum absolute atomic E-state index is 0.0341. The van der Waals surface area contributed by atoms with E-state index >= 15 is 0 Å². The van der Waals surface area contributed by atoms with Crippen LogP contribution >= 0.6 is 31.9 Å². The molecule has 0 aliphatic carbocycles. The van der Waals surface area contributed by atoms with Crippen molar-refractivity contribution in [1.82, 2.24) is 5.32 Å². The molecule has 0 aliphatic rings. The van der Waals surface area contributed by atoms with Gasteiger partial charge in [0.25, 0.3) is 0 Å². The van der Waals surface area contributed by atoms with E-state index in [2.05, 4.69) is 51.0 Å². The highest BCUT2D eigenvalue weighted by molar-refractivity contribution is 9.11. The number of hydrogen-bond acceptors (Lipinski definition) is 3. The number of halogens is 2. The van der Waals surface area contributed by atoms with Gasteiger partial charge in [-0.15, -0.1) is 0 Å². The maximum absolute atomic E-state index is 9.12. The number of aliphatic hydroxyl groups excluding tert-OH is 1. The standard InChI is InChI=1S/C14H21Br2NO2/c1-4-14(2,5-6-18)17-9-10-7-11(15)13(19-3)12(16)8-10/h7-8,17-18H,4-6,9H2,1-3H3. The van der Waals surface area contributed by atoms with E-state index in [-0.39, 0.29) is 12.1 Å². The molecule has 0 bridgehead atoms. The van der Waals surface area contributed by atoms with Gasteiger partial charge in [-0.2, -0.15) is 0 Å². The molecule has 2 N–H and O–H groups in total. The Labute approximate surface area is 132 Å². The molecule has 0 aromatic heterocycles. The van der Waals surface area contributed by atoms with E-state index in [1.807, 2.05) is 12.1 Å². The van der Waals surface area contributed by atoms with Crippen molar-refractivity contribution in [3.63, 3.8) is 0 Å². The van der Waals surface area contributed by atoms with Gasteiger partial charge in [0.1, 0.15) is 5.75 Å². The average Bonchev–Trinajstić information content (AvgIpc) is 2.36. The van der Waals surface area contributed by atoms with Crippen LogP contribution in [-0.4, -0.2) is 24.4 Å². The molecule has 1 aromatic carbocycles. The third-order valence-corrected chi connectivity index (χ3v) is 4.60. The van der Waals surface area contributed by atoms with Crippen LogP contribution < -0.4 is 10.1 Å². The van der Waals surface area contributed by atoms with Crippen LogP contribution in [0.5, 0.6) is 5.75 Å². The summed E-state index contributed by atoms with van der Waals surface area (Å²) in [5, 5.41) is 12.6. The molecule has 1 rings (SSSR count). The molecule has 0 aliphatic heterocycles. The molecular weight excluding hydrogens is 374 g/mol. The molecule has 0 heterocycles. The number of nitrogens with one attached hydrogen (secondary N) is 1. The zero-order chi connectivity index (χ0) is 14.5. The Balaban J connectivity index is 2.78. The minimum atomic E-state index is -0.0341. The van der Waals surface area contributed by atoms with E-state index in [1.165, 1.54) is 0 Å². The van der Waals surface area contributed by atoms with Crippen molar-refractivity contribution >= 4 is 31.9 Å². The average molecular weight is 395 g/mol. The van der Waals surface area contributed by atoms with E-state index < -0.39 is 0 Å². The van der Waals surface area contributed by atoms with Crippen molar-refractivity contribution in [2.75, 3.05) is 13.7 Å². The van der Waals surface area contributed by atoms with Crippen LogP contribution in [0.1, 0.15) is 32.3 Å². The topological polar surface area (TPSA) is 41.5 Å². The van der Waals surface area contributed by atoms with Gasteiger partial charge >= 0.3 is 0 Å². The third-order valence-electron chi connectivity index (χ3n) is 3.43. The normalized spacial score (nSPS) is 14.2. The van der Waals surface area contributed by atoms with Crippen LogP contribution in [0.4, 0.5) is 0 Å². The molecule has 1 atom stereocenters. The lowest BCUT2D eigenvalue weighted by Crippen LogP contribution is -2.42. The predicted octanol–water partition coefficient (Wildman–Crippen LogP) is 3.86. The van der Waals surface area contributed by atoms with Crippen LogP contribution in [0.25, 0.3) is 0 Å². The molecule has 108 valence electrons. The van der Waals surface area contributed by atoms with Crippen LogP contribution in [0.3, 0.4) is 0 Å². The van der Waals surface area contributed by atoms with E-state index in [0.717, 1.165) is 39.6 Å². The Kier molecular flexibility index (Phi) is 6.80. The van der Waals surface area contributed by atoms with E-state index in [4.69, 9.17) is 9.84 Å². The molecule has 0 saturated heterocycles. The summed E-state index contributed by atoms with van der Waals surface area (Å²) in [5.74, 6) is 0.803. The molecule has 0 spiro atoms. The lowest BCUT2D eigenvalue weighted by atomic mass is 9.94. The van der Waals surface area contributed by atoms with Gasteiger partial charge in [0, 0.05) is 18.7 Å². The maximum Gasteiger partial charge on any atom is 0.147 e. The number of hydrogen-bond donors (Lipinski definition) is 2. The highest BCUT2D eigenvalue weighted by Gasteiger charge is 2.20. The molecule has 3 nitrogen and oxygen atoms in total.